The fourth-order valence-corrected chi connectivity index (χ4v) is 1.88. The summed E-state index contributed by atoms with van der Waals surface area (Å²) in [5, 5.41) is 0. The van der Waals surface area contributed by atoms with Gasteiger partial charge < -0.3 is 15.4 Å². The van der Waals surface area contributed by atoms with Gasteiger partial charge in [-0.15, -0.1) is 0 Å². The molecule has 1 atom stereocenters. The van der Waals surface area contributed by atoms with Gasteiger partial charge in [-0.25, -0.2) is 0 Å². The van der Waals surface area contributed by atoms with Crippen LogP contribution in [-0.4, -0.2) is 31.0 Å². The highest BCUT2D eigenvalue weighted by molar-refractivity contribution is 5.81. The van der Waals surface area contributed by atoms with Crippen LogP contribution < -0.4 is 10.5 Å². The Hall–Kier alpha value is -1.55. The summed E-state index contributed by atoms with van der Waals surface area (Å²) in [5.74, 6) is 0.768. The van der Waals surface area contributed by atoms with Gasteiger partial charge in [0, 0.05) is 19.2 Å². The molecule has 0 aliphatic heterocycles. The van der Waals surface area contributed by atoms with E-state index >= 15 is 0 Å². The third-order valence-electron chi connectivity index (χ3n) is 2.89. The third-order valence-corrected chi connectivity index (χ3v) is 2.89. The molecule has 100 valence electrons. The Morgan fingerprint density at radius 2 is 2.11 bits per heavy atom. The van der Waals surface area contributed by atoms with E-state index in [2.05, 4.69) is 0 Å². The smallest absolute Gasteiger partial charge is 0.239 e. The first-order chi connectivity index (χ1) is 8.60. The fraction of sp³-hybridized carbons (Fsp3) is 0.500. The minimum Gasteiger partial charge on any atom is -0.496 e. The molecule has 0 spiro atoms. The van der Waals surface area contributed by atoms with Gasteiger partial charge in [0.25, 0.3) is 0 Å². The standard InChI is InChI=1S/C14H22N2O2/c1-4-7-12(15)14(17)16(2)10-11-8-5-6-9-13(11)18-3/h5-6,8-9,12H,4,7,10,15H2,1-3H3. The molecule has 1 rings (SSSR count). The molecule has 0 saturated carbocycles. The zero-order valence-electron chi connectivity index (χ0n) is 11.3. The highest BCUT2D eigenvalue weighted by Crippen LogP contribution is 2.19. The van der Waals surface area contributed by atoms with Crippen LogP contribution in [-0.2, 0) is 11.3 Å². The van der Waals surface area contributed by atoms with Crippen molar-refractivity contribution in [2.75, 3.05) is 14.2 Å². The van der Waals surface area contributed by atoms with Gasteiger partial charge in [0.2, 0.25) is 5.91 Å². The van der Waals surface area contributed by atoms with Crippen molar-refractivity contribution in [3.05, 3.63) is 29.8 Å². The Kier molecular flexibility index (Phi) is 5.65. The number of amides is 1. The maximum Gasteiger partial charge on any atom is 0.239 e. The van der Waals surface area contributed by atoms with Crippen LogP contribution in [0.5, 0.6) is 5.75 Å². The summed E-state index contributed by atoms with van der Waals surface area (Å²) in [6.07, 6.45) is 1.63. The van der Waals surface area contributed by atoms with Crippen molar-refractivity contribution in [2.45, 2.75) is 32.4 Å². The first kappa shape index (κ1) is 14.5. The number of nitrogens with zero attached hydrogens (tertiary/aromatic N) is 1. The molecular formula is C14H22N2O2. The van der Waals surface area contributed by atoms with Crippen molar-refractivity contribution in [3.63, 3.8) is 0 Å². The molecular weight excluding hydrogens is 228 g/mol. The number of hydrogen-bond acceptors (Lipinski definition) is 3. The molecule has 18 heavy (non-hydrogen) atoms. The van der Waals surface area contributed by atoms with Crippen LogP contribution in [0.3, 0.4) is 0 Å². The number of rotatable bonds is 6. The first-order valence-corrected chi connectivity index (χ1v) is 6.22. The average molecular weight is 250 g/mol. The van der Waals surface area contributed by atoms with Gasteiger partial charge >= 0.3 is 0 Å². The van der Waals surface area contributed by atoms with Crippen molar-refractivity contribution in [2.24, 2.45) is 5.73 Å². The Morgan fingerprint density at radius 3 is 2.72 bits per heavy atom. The molecule has 0 aliphatic carbocycles. The van der Waals surface area contributed by atoms with E-state index in [4.69, 9.17) is 10.5 Å². The normalized spacial score (nSPS) is 12.0. The van der Waals surface area contributed by atoms with Gasteiger partial charge in [-0.1, -0.05) is 31.5 Å². The lowest BCUT2D eigenvalue weighted by Gasteiger charge is -2.22. The highest BCUT2D eigenvalue weighted by atomic mass is 16.5. The zero-order valence-corrected chi connectivity index (χ0v) is 11.3. The topological polar surface area (TPSA) is 55.6 Å². The zero-order chi connectivity index (χ0) is 13.5. The SMILES string of the molecule is CCCC(N)C(=O)N(C)Cc1ccccc1OC. The van der Waals surface area contributed by atoms with Crippen LogP contribution in [0.1, 0.15) is 25.3 Å². The summed E-state index contributed by atoms with van der Waals surface area (Å²) in [4.78, 5) is 13.6. The molecule has 0 radical (unpaired) electrons. The number of benzene rings is 1. The Bertz CT molecular complexity index is 393. The van der Waals surface area contributed by atoms with Crippen molar-refractivity contribution >= 4 is 5.91 Å². The lowest BCUT2D eigenvalue weighted by atomic mass is 10.1. The van der Waals surface area contributed by atoms with E-state index in [0.717, 1.165) is 24.2 Å². The van der Waals surface area contributed by atoms with E-state index in [0.29, 0.717) is 6.54 Å². The second kappa shape index (κ2) is 7.01. The minimum absolute atomic E-state index is 0.0252. The maximum absolute atomic E-state index is 12.0. The second-order valence-corrected chi connectivity index (χ2v) is 4.40. The highest BCUT2D eigenvalue weighted by Gasteiger charge is 2.18. The largest absolute Gasteiger partial charge is 0.496 e. The number of para-hydroxylation sites is 1. The lowest BCUT2D eigenvalue weighted by molar-refractivity contribution is -0.132. The van der Waals surface area contributed by atoms with Crippen LogP contribution in [0.15, 0.2) is 24.3 Å². The van der Waals surface area contributed by atoms with Crippen LogP contribution in [0.4, 0.5) is 0 Å². The molecule has 2 N–H and O–H groups in total. The molecule has 1 aromatic carbocycles. The number of nitrogens with two attached hydrogens (primary N) is 1. The van der Waals surface area contributed by atoms with Crippen molar-refractivity contribution < 1.29 is 9.53 Å². The van der Waals surface area contributed by atoms with Gasteiger partial charge in [-0.05, 0) is 12.5 Å². The second-order valence-electron chi connectivity index (χ2n) is 4.40. The summed E-state index contributed by atoms with van der Waals surface area (Å²) >= 11 is 0. The van der Waals surface area contributed by atoms with Gasteiger partial charge in [0.15, 0.2) is 0 Å². The monoisotopic (exact) mass is 250 g/mol. The minimum atomic E-state index is -0.408. The summed E-state index contributed by atoms with van der Waals surface area (Å²) in [7, 11) is 3.40. The predicted octanol–water partition coefficient (Wildman–Crippen LogP) is 1.78. The molecule has 4 heteroatoms. The molecule has 0 bridgehead atoms. The van der Waals surface area contributed by atoms with E-state index in [1.807, 2.05) is 31.2 Å². The molecule has 1 unspecified atom stereocenters. The molecule has 4 nitrogen and oxygen atoms in total. The van der Waals surface area contributed by atoms with Gasteiger partial charge in [0.05, 0.1) is 13.2 Å². The number of carbonyl (C=O) groups excluding carboxylic acids is 1. The Labute approximate surface area is 109 Å². The number of likely N-dealkylation sites (N-methyl/N-ethyl adjacent to an activating group) is 1. The Morgan fingerprint density at radius 1 is 1.44 bits per heavy atom. The molecule has 0 aliphatic rings. The van der Waals surface area contributed by atoms with E-state index in [-0.39, 0.29) is 5.91 Å². The number of ether oxygens (including phenoxy) is 1. The quantitative estimate of drug-likeness (QED) is 0.837. The molecule has 1 amide bonds. The van der Waals surface area contributed by atoms with Gasteiger partial charge in [-0.2, -0.15) is 0 Å². The van der Waals surface area contributed by atoms with Crippen LogP contribution >= 0.6 is 0 Å². The number of hydrogen-bond donors (Lipinski definition) is 1. The van der Waals surface area contributed by atoms with Crippen molar-refractivity contribution in [3.8, 4) is 5.75 Å². The fourth-order valence-electron chi connectivity index (χ4n) is 1.88. The van der Waals surface area contributed by atoms with E-state index in [1.165, 1.54) is 0 Å². The van der Waals surface area contributed by atoms with Crippen LogP contribution in [0, 0.1) is 0 Å². The Balaban J connectivity index is 2.69. The van der Waals surface area contributed by atoms with Gasteiger partial charge in [-0.3, -0.25) is 4.79 Å². The summed E-state index contributed by atoms with van der Waals surface area (Å²) < 4.78 is 5.26. The summed E-state index contributed by atoms with van der Waals surface area (Å²) in [5.41, 5.74) is 6.82. The number of methoxy groups -OCH3 is 1. The molecule has 0 aromatic heterocycles. The van der Waals surface area contributed by atoms with Crippen molar-refractivity contribution in [1.29, 1.82) is 0 Å². The molecule has 0 saturated heterocycles. The van der Waals surface area contributed by atoms with Crippen molar-refractivity contribution in [1.82, 2.24) is 4.90 Å². The maximum atomic E-state index is 12.0. The number of carbonyl (C=O) groups is 1. The van der Waals surface area contributed by atoms with Gasteiger partial charge in [0.1, 0.15) is 5.75 Å². The molecule has 0 fully saturated rings. The first-order valence-electron chi connectivity index (χ1n) is 6.22. The average Bonchev–Trinajstić information content (AvgIpc) is 2.38. The summed E-state index contributed by atoms with van der Waals surface area (Å²) in [6, 6.07) is 7.28. The molecule has 0 heterocycles. The third kappa shape index (κ3) is 3.74. The van der Waals surface area contributed by atoms with Crippen LogP contribution in [0.2, 0.25) is 0 Å². The predicted molar refractivity (Wildman–Crippen MR) is 72.4 cm³/mol. The van der Waals surface area contributed by atoms with Crippen LogP contribution in [0.25, 0.3) is 0 Å². The van der Waals surface area contributed by atoms with E-state index < -0.39 is 6.04 Å². The van der Waals surface area contributed by atoms with E-state index in [9.17, 15) is 4.79 Å². The molecule has 1 aromatic rings. The summed E-state index contributed by atoms with van der Waals surface area (Å²) in [6.45, 7) is 2.54. The van der Waals surface area contributed by atoms with E-state index in [1.54, 1.807) is 19.1 Å². The lowest BCUT2D eigenvalue weighted by Crippen LogP contribution is -2.41.